The molecule has 1 heterocycles. The molecule has 2 unspecified atom stereocenters. The Kier molecular flexibility index (Phi) is 5.00. The molecule has 2 rings (SSSR count). The number of hydrogen-bond acceptors (Lipinski definition) is 4. The molecule has 0 aromatic rings. The summed E-state index contributed by atoms with van der Waals surface area (Å²) in [7, 11) is 0. The van der Waals surface area contributed by atoms with Gasteiger partial charge in [0.05, 0.1) is 12.1 Å². The first kappa shape index (κ1) is 15.6. The van der Waals surface area contributed by atoms with Gasteiger partial charge < -0.3 is 25.6 Å². The van der Waals surface area contributed by atoms with E-state index in [1.165, 1.54) is 0 Å². The summed E-state index contributed by atoms with van der Waals surface area (Å²) in [5, 5.41) is 22.6. The lowest BCUT2D eigenvalue weighted by molar-refractivity contribution is -0.140. The number of hydrogen-bond donors (Lipinski definition) is 4. The number of urea groups is 1. The third-order valence-electron chi connectivity index (χ3n) is 3.79. The topological polar surface area (TPSA) is 125 Å². The Bertz CT molecular complexity index is 423. The quantitative estimate of drug-likeness (QED) is 0.531. The highest BCUT2D eigenvalue weighted by molar-refractivity contribution is 5.83. The van der Waals surface area contributed by atoms with E-state index in [1.54, 1.807) is 0 Å². The number of carboxylic acid groups (broad SMARTS) is 2. The average molecular weight is 300 g/mol. The number of ether oxygens (including phenoxy) is 1. The molecular weight excluding hydrogens is 280 g/mol. The summed E-state index contributed by atoms with van der Waals surface area (Å²) in [6.45, 7) is 0.591. The lowest BCUT2D eigenvalue weighted by atomic mass is 10.1. The van der Waals surface area contributed by atoms with Crippen molar-refractivity contribution >= 4 is 18.0 Å². The molecule has 8 heteroatoms. The first-order valence-electron chi connectivity index (χ1n) is 7.10. The van der Waals surface area contributed by atoms with Crippen molar-refractivity contribution in [2.24, 2.45) is 5.92 Å². The van der Waals surface area contributed by atoms with Crippen LogP contribution in [0.25, 0.3) is 0 Å². The van der Waals surface area contributed by atoms with Gasteiger partial charge in [0.2, 0.25) is 0 Å². The maximum absolute atomic E-state index is 11.9. The van der Waals surface area contributed by atoms with Gasteiger partial charge in [0.25, 0.3) is 0 Å². The van der Waals surface area contributed by atoms with Crippen LogP contribution >= 0.6 is 0 Å². The van der Waals surface area contributed by atoms with Gasteiger partial charge in [-0.05, 0) is 31.6 Å². The smallest absolute Gasteiger partial charge is 0.326 e. The van der Waals surface area contributed by atoms with E-state index in [2.05, 4.69) is 10.6 Å². The van der Waals surface area contributed by atoms with Crippen LogP contribution in [0.5, 0.6) is 0 Å². The van der Waals surface area contributed by atoms with E-state index in [4.69, 9.17) is 14.9 Å². The fourth-order valence-corrected chi connectivity index (χ4v) is 2.55. The Hall–Kier alpha value is -1.83. The number of rotatable bonds is 7. The van der Waals surface area contributed by atoms with E-state index in [0.29, 0.717) is 18.9 Å². The second kappa shape index (κ2) is 6.75. The standard InChI is InChI=1S/C13H20N2O6/c16-10(17)4-3-9(12(18)19)15-13(20)14-8-5-6-21-11(8)7-1-2-7/h7-9,11H,1-6H2,(H,16,17)(H,18,19)(H2,14,15,20)/t8?,9-,11?/m0/s1. The highest BCUT2D eigenvalue weighted by Crippen LogP contribution is 2.38. The Labute approximate surface area is 121 Å². The number of carbonyl (C=O) groups is 3. The summed E-state index contributed by atoms with van der Waals surface area (Å²) in [5.74, 6) is -1.85. The van der Waals surface area contributed by atoms with Crippen molar-refractivity contribution in [3.05, 3.63) is 0 Å². The molecule has 118 valence electrons. The lowest BCUT2D eigenvalue weighted by Gasteiger charge is -2.21. The lowest BCUT2D eigenvalue weighted by Crippen LogP contribution is -2.51. The number of carboxylic acids is 2. The zero-order valence-electron chi connectivity index (χ0n) is 11.6. The van der Waals surface area contributed by atoms with Crippen LogP contribution in [0, 0.1) is 5.92 Å². The maximum Gasteiger partial charge on any atom is 0.326 e. The predicted molar refractivity (Wildman–Crippen MR) is 70.8 cm³/mol. The normalized spacial score (nSPS) is 26.1. The monoisotopic (exact) mass is 300 g/mol. The average Bonchev–Trinajstić information content (AvgIpc) is 3.15. The first-order chi connectivity index (χ1) is 9.97. The van der Waals surface area contributed by atoms with Crippen molar-refractivity contribution < 1.29 is 29.3 Å². The van der Waals surface area contributed by atoms with Crippen LogP contribution in [0.1, 0.15) is 32.1 Å². The minimum atomic E-state index is -1.24. The van der Waals surface area contributed by atoms with Crippen LogP contribution in [-0.2, 0) is 14.3 Å². The van der Waals surface area contributed by atoms with E-state index >= 15 is 0 Å². The van der Waals surface area contributed by atoms with E-state index in [1.807, 2.05) is 0 Å². The maximum atomic E-state index is 11.9. The van der Waals surface area contributed by atoms with Gasteiger partial charge in [0, 0.05) is 13.0 Å². The van der Waals surface area contributed by atoms with Gasteiger partial charge in [-0.3, -0.25) is 4.79 Å². The van der Waals surface area contributed by atoms with Crippen molar-refractivity contribution in [1.82, 2.24) is 10.6 Å². The summed E-state index contributed by atoms with van der Waals surface area (Å²) < 4.78 is 5.59. The van der Waals surface area contributed by atoms with Gasteiger partial charge in [-0.25, -0.2) is 9.59 Å². The highest BCUT2D eigenvalue weighted by atomic mass is 16.5. The summed E-state index contributed by atoms with van der Waals surface area (Å²) in [6, 6.07) is -1.90. The van der Waals surface area contributed by atoms with Crippen LogP contribution in [0.4, 0.5) is 4.79 Å². The van der Waals surface area contributed by atoms with E-state index in [-0.39, 0.29) is 25.0 Å². The fraction of sp³-hybridized carbons (Fsp3) is 0.769. The Morgan fingerprint density at radius 3 is 2.48 bits per heavy atom. The summed E-state index contributed by atoms with van der Waals surface area (Å²) in [6.07, 6.45) is 2.46. The van der Waals surface area contributed by atoms with E-state index in [9.17, 15) is 14.4 Å². The highest BCUT2D eigenvalue weighted by Gasteiger charge is 2.41. The van der Waals surface area contributed by atoms with Crippen LogP contribution in [0.2, 0.25) is 0 Å². The number of carbonyl (C=O) groups excluding carboxylic acids is 1. The van der Waals surface area contributed by atoms with Gasteiger partial charge in [0.15, 0.2) is 0 Å². The third-order valence-corrected chi connectivity index (χ3v) is 3.79. The minimum absolute atomic E-state index is 0.0121. The zero-order valence-corrected chi connectivity index (χ0v) is 11.6. The van der Waals surface area contributed by atoms with Crippen molar-refractivity contribution in [1.29, 1.82) is 0 Å². The van der Waals surface area contributed by atoms with Crippen LogP contribution in [0.3, 0.4) is 0 Å². The second-order valence-electron chi connectivity index (χ2n) is 5.51. The molecule has 1 saturated carbocycles. The molecule has 1 aliphatic carbocycles. The fourth-order valence-electron chi connectivity index (χ4n) is 2.55. The van der Waals surface area contributed by atoms with Crippen molar-refractivity contribution in [3.8, 4) is 0 Å². The van der Waals surface area contributed by atoms with Gasteiger partial charge in [-0.1, -0.05) is 0 Å². The summed E-state index contributed by atoms with van der Waals surface area (Å²) in [5.41, 5.74) is 0. The molecule has 1 saturated heterocycles. The first-order valence-corrected chi connectivity index (χ1v) is 7.10. The predicted octanol–water partition coefficient (Wildman–Crippen LogP) is 0.171. The molecule has 0 aromatic carbocycles. The van der Waals surface area contributed by atoms with Crippen molar-refractivity contribution in [2.75, 3.05) is 6.61 Å². The van der Waals surface area contributed by atoms with E-state index in [0.717, 1.165) is 12.8 Å². The Balaban J connectivity index is 1.80. The van der Waals surface area contributed by atoms with Gasteiger partial charge in [-0.2, -0.15) is 0 Å². The summed E-state index contributed by atoms with van der Waals surface area (Å²) >= 11 is 0. The molecule has 2 aliphatic rings. The van der Waals surface area contributed by atoms with Crippen LogP contribution < -0.4 is 10.6 Å². The minimum Gasteiger partial charge on any atom is -0.481 e. The molecule has 0 aromatic heterocycles. The molecule has 0 radical (unpaired) electrons. The van der Waals surface area contributed by atoms with E-state index < -0.39 is 24.0 Å². The molecule has 4 N–H and O–H groups in total. The largest absolute Gasteiger partial charge is 0.481 e. The molecule has 3 atom stereocenters. The Morgan fingerprint density at radius 1 is 1.19 bits per heavy atom. The SMILES string of the molecule is O=C(O)CC[C@H](NC(=O)NC1CCOC1C1CC1)C(=O)O. The van der Waals surface area contributed by atoms with Crippen molar-refractivity contribution in [3.63, 3.8) is 0 Å². The molecule has 2 fully saturated rings. The second-order valence-corrected chi connectivity index (χ2v) is 5.51. The molecular formula is C13H20N2O6. The Morgan fingerprint density at radius 2 is 1.90 bits per heavy atom. The molecule has 2 amide bonds. The van der Waals surface area contributed by atoms with Gasteiger partial charge >= 0.3 is 18.0 Å². The van der Waals surface area contributed by atoms with Gasteiger partial charge in [-0.15, -0.1) is 0 Å². The number of aliphatic carboxylic acids is 2. The number of nitrogens with one attached hydrogen (secondary N) is 2. The van der Waals surface area contributed by atoms with Crippen molar-refractivity contribution in [2.45, 2.75) is 50.3 Å². The van der Waals surface area contributed by atoms with Crippen LogP contribution in [-0.4, -0.2) is 53.0 Å². The molecule has 8 nitrogen and oxygen atoms in total. The summed E-state index contributed by atoms with van der Waals surface area (Å²) in [4.78, 5) is 33.3. The molecule has 21 heavy (non-hydrogen) atoms. The number of amides is 2. The molecule has 0 spiro atoms. The van der Waals surface area contributed by atoms with Gasteiger partial charge in [0.1, 0.15) is 6.04 Å². The molecule has 0 bridgehead atoms. The third kappa shape index (κ3) is 4.59. The molecule has 1 aliphatic heterocycles. The zero-order chi connectivity index (χ0) is 15.4. The van der Waals surface area contributed by atoms with Crippen LogP contribution in [0.15, 0.2) is 0 Å².